The SMILES string of the molecule is O=C(NCc1ccccc1)c1ccc2ncnc(N3CCCC3)c2c1. The maximum absolute atomic E-state index is 12.5. The van der Waals surface area contributed by atoms with E-state index in [1.807, 2.05) is 48.5 Å². The van der Waals surface area contributed by atoms with E-state index in [4.69, 9.17) is 0 Å². The quantitative estimate of drug-likeness (QED) is 0.797. The van der Waals surface area contributed by atoms with Gasteiger partial charge in [0, 0.05) is 30.6 Å². The van der Waals surface area contributed by atoms with Gasteiger partial charge in [0.15, 0.2) is 0 Å². The number of aromatic nitrogens is 2. The van der Waals surface area contributed by atoms with Crippen LogP contribution in [0.1, 0.15) is 28.8 Å². The van der Waals surface area contributed by atoms with Crippen LogP contribution in [0.2, 0.25) is 0 Å². The second-order valence-electron chi connectivity index (χ2n) is 6.29. The second kappa shape index (κ2) is 6.89. The summed E-state index contributed by atoms with van der Waals surface area (Å²) in [6.07, 6.45) is 3.97. The van der Waals surface area contributed by atoms with Gasteiger partial charge in [0.25, 0.3) is 5.91 Å². The Morgan fingerprint density at radius 3 is 2.64 bits per heavy atom. The number of hydrogen-bond acceptors (Lipinski definition) is 4. The Morgan fingerprint density at radius 1 is 1.04 bits per heavy atom. The van der Waals surface area contributed by atoms with E-state index >= 15 is 0 Å². The number of nitrogens with one attached hydrogen (secondary N) is 1. The lowest BCUT2D eigenvalue weighted by atomic mass is 10.1. The fourth-order valence-corrected chi connectivity index (χ4v) is 3.25. The highest BCUT2D eigenvalue weighted by molar-refractivity contribution is 6.00. The normalized spacial score (nSPS) is 14.0. The van der Waals surface area contributed by atoms with Gasteiger partial charge in [-0.2, -0.15) is 0 Å². The Hall–Kier alpha value is -2.95. The van der Waals surface area contributed by atoms with Crippen LogP contribution < -0.4 is 10.2 Å². The molecule has 2 heterocycles. The highest BCUT2D eigenvalue weighted by atomic mass is 16.1. The summed E-state index contributed by atoms with van der Waals surface area (Å²) in [4.78, 5) is 23.6. The Kier molecular flexibility index (Phi) is 4.29. The van der Waals surface area contributed by atoms with Crippen LogP contribution in [0.5, 0.6) is 0 Å². The summed E-state index contributed by atoms with van der Waals surface area (Å²) in [6.45, 7) is 2.54. The van der Waals surface area contributed by atoms with Crippen LogP contribution in [-0.2, 0) is 6.54 Å². The van der Waals surface area contributed by atoms with Crippen LogP contribution in [0.4, 0.5) is 5.82 Å². The van der Waals surface area contributed by atoms with Crippen molar-refractivity contribution >= 4 is 22.6 Å². The maximum Gasteiger partial charge on any atom is 0.251 e. The Labute approximate surface area is 146 Å². The summed E-state index contributed by atoms with van der Waals surface area (Å²) in [5.74, 6) is 0.849. The molecule has 0 spiro atoms. The lowest BCUT2D eigenvalue weighted by molar-refractivity contribution is 0.0951. The zero-order valence-electron chi connectivity index (χ0n) is 14.0. The van der Waals surface area contributed by atoms with Gasteiger partial charge in [-0.15, -0.1) is 0 Å². The zero-order valence-corrected chi connectivity index (χ0v) is 14.0. The third kappa shape index (κ3) is 3.31. The molecule has 1 N–H and O–H groups in total. The van der Waals surface area contributed by atoms with Gasteiger partial charge in [0.05, 0.1) is 5.52 Å². The minimum Gasteiger partial charge on any atom is -0.356 e. The Morgan fingerprint density at radius 2 is 1.84 bits per heavy atom. The molecule has 0 atom stereocenters. The average Bonchev–Trinajstić information content (AvgIpc) is 3.20. The standard InChI is InChI=1S/C20H20N4O/c25-20(21-13-15-6-2-1-3-7-15)16-8-9-18-17(12-16)19(23-14-22-18)24-10-4-5-11-24/h1-3,6-9,12,14H,4-5,10-11,13H2,(H,21,25). The number of carbonyl (C=O) groups is 1. The first-order valence-corrected chi connectivity index (χ1v) is 8.63. The molecule has 0 radical (unpaired) electrons. The molecule has 1 fully saturated rings. The first-order chi connectivity index (χ1) is 12.3. The first kappa shape index (κ1) is 15.6. The molecule has 0 aliphatic carbocycles. The summed E-state index contributed by atoms with van der Waals surface area (Å²) < 4.78 is 0. The monoisotopic (exact) mass is 332 g/mol. The molecule has 1 amide bonds. The molecule has 5 heteroatoms. The van der Waals surface area contributed by atoms with E-state index in [1.165, 1.54) is 12.8 Å². The summed E-state index contributed by atoms with van der Waals surface area (Å²) in [6, 6.07) is 15.5. The molecule has 0 saturated carbocycles. The predicted molar refractivity (Wildman–Crippen MR) is 98.6 cm³/mol. The van der Waals surface area contributed by atoms with Gasteiger partial charge in [-0.1, -0.05) is 30.3 Å². The van der Waals surface area contributed by atoms with Gasteiger partial charge in [-0.3, -0.25) is 4.79 Å². The van der Waals surface area contributed by atoms with E-state index in [1.54, 1.807) is 6.33 Å². The molecular weight excluding hydrogens is 312 g/mol. The largest absolute Gasteiger partial charge is 0.356 e. The van der Waals surface area contributed by atoms with Crippen molar-refractivity contribution in [2.24, 2.45) is 0 Å². The second-order valence-corrected chi connectivity index (χ2v) is 6.29. The van der Waals surface area contributed by atoms with Crippen molar-refractivity contribution in [1.82, 2.24) is 15.3 Å². The summed E-state index contributed by atoms with van der Waals surface area (Å²) in [7, 11) is 0. The van der Waals surface area contributed by atoms with Crippen LogP contribution in [-0.4, -0.2) is 29.0 Å². The molecule has 0 unspecified atom stereocenters. The molecule has 1 aliphatic heterocycles. The van der Waals surface area contributed by atoms with Crippen LogP contribution in [0.3, 0.4) is 0 Å². The Balaban J connectivity index is 1.59. The van der Waals surface area contributed by atoms with Crippen molar-refractivity contribution < 1.29 is 4.79 Å². The van der Waals surface area contributed by atoms with Crippen molar-refractivity contribution in [2.75, 3.05) is 18.0 Å². The number of carbonyl (C=O) groups excluding carboxylic acids is 1. The molecule has 1 aromatic heterocycles. The molecule has 1 saturated heterocycles. The van der Waals surface area contributed by atoms with Crippen molar-refractivity contribution in [3.63, 3.8) is 0 Å². The van der Waals surface area contributed by atoms with Crippen molar-refractivity contribution in [2.45, 2.75) is 19.4 Å². The van der Waals surface area contributed by atoms with Crippen molar-refractivity contribution in [3.8, 4) is 0 Å². The summed E-state index contributed by atoms with van der Waals surface area (Å²) in [5.41, 5.74) is 2.59. The highest BCUT2D eigenvalue weighted by Crippen LogP contribution is 2.26. The van der Waals surface area contributed by atoms with E-state index in [2.05, 4.69) is 20.2 Å². The first-order valence-electron chi connectivity index (χ1n) is 8.63. The van der Waals surface area contributed by atoms with E-state index in [0.29, 0.717) is 12.1 Å². The molecule has 1 aliphatic rings. The zero-order chi connectivity index (χ0) is 17.1. The van der Waals surface area contributed by atoms with Crippen LogP contribution in [0.15, 0.2) is 54.9 Å². The molecule has 4 rings (SSSR count). The summed E-state index contributed by atoms with van der Waals surface area (Å²) in [5, 5.41) is 3.92. The molecule has 25 heavy (non-hydrogen) atoms. The number of nitrogens with zero attached hydrogens (tertiary/aromatic N) is 3. The smallest absolute Gasteiger partial charge is 0.251 e. The summed E-state index contributed by atoms with van der Waals surface area (Å²) >= 11 is 0. The number of hydrogen-bond donors (Lipinski definition) is 1. The average molecular weight is 332 g/mol. The maximum atomic E-state index is 12.5. The minimum absolute atomic E-state index is 0.0815. The number of amides is 1. The van der Waals surface area contributed by atoms with E-state index < -0.39 is 0 Å². The topological polar surface area (TPSA) is 58.1 Å². The van der Waals surface area contributed by atoms with Crippen LogP contribution >= 0.6 is 0 Å². The lowest BCUT2D eigenvalue weighted by Crippen LogP contribution is -2.23. The van der Waals surface area contributed by atoms with E-state index in [-0.39, 0.29) is 5.91 Å². The number of anilines is 1. The molecule has 3 aromatic rings. The molecule has 0 bridgehead atoms. The van der Waals surface area contributed by atoms with Gasteiger partial charge in [0.1, 0.15) is 12.1 Å². The molecule has 5 nitrogen and oxygen atoms in total. The van der Waals surface area contributed by atoms with Gasteiger partial charge in [0.2, 0.25) is 0 Å². The number of rotatable bonds is 4. The predicted octanol–water partition coefficient (Wildman–Crippen LogP) is 3.16. The minimum atomic E-state index is -0.0815. The molecular formula is C20H20N4O. The van der Waals surface area contributed by atoms with Gasteiger partial charge >= 0.3 is 0 Å². The van der Waals surface area contributed by atoms with Crippen molar-refractivity contribution in [3.05, 3.63) is 66.0 Å². The Bertz CT molecular complexity index is 889. The molecule has 126 valence electrons. The number of benzene rings is 2. The molecule has 2 aromatic carbocycles. The van der Waals surface area contributed by atoms with Gasteiger partial charge in [-0.25, -0.2) is 9.97 Å². The van der Waals surface area contributed by atoms with Crippen LogP contribution in [0.25, 0.3) is 10.9 Å². The van der Waals surface area contributed by atoms with Gasteiger partial charge < -0.3 is 10.2 Å². The van der Waals surface area contributed by atoms with E-state index in [9.17, 15) is 4.79 Å². The fourth-order valence-electron chi connectivity index (χ4n) is 3.25. The highest BCUT2D eigenvalue weighted by Gasteiger charge is 2.17. The van der Waals surface area contributed by atoms with Gasteiger partial charge in [-0.05, 0) is 36.6 Å². The third-order valence-corrected chi connectivity index (χ3v) is 4.58. The van der Waals surface area contributed by atoms with E-state index in [0.717, 1.165) is 35.4 Å². The fraction of sp³-hybridized carbons (Fsp3) is 0.250. The van der Waals surface area contributed by atoms with Crippen molar-refractivity contribution in [1.29, 1.82) is 0 Å². The van der Waals surface area contributed by atoms with Crippen LogP contribution in [0, 0.1) is 0 Å². The number of fused-ring (bicyclic) bond motifs is 1. The lowest BCUT2D eigenvalue weighted by Gasteiger charge is -2.18. The third-order valence-electron chi connectivity index (χ3n) is 4.58.